The predicted octanol–water partition coefficient (Wildman–Crippen LogP) is 0.515. The SMILES string of the molecule is O=S(=O)(O)c1cc(O)cc2cn[nH]c12. The zero-order valence-corrected chi connectivity index (χ0v) is 7.61. The maximum Gasteiger partial charge on any atom is 0.296 e. The lowest BCUT2D eigenvalue weighted by atomic mass is 10.2. The summed E-state index contributed by atoms with van der Waals surface area (Å²) in [6, 6.07) is 2.30. The molecule has 0 fully saturated rings. The van der Waals surface area contributed by atoms with Crippen molar-refractivity contribution in [2.75, 3.05) is 0 Å². The number of hydrogen-bond donors (Lipinski definition) is 3. The number of rotatable bonds is 1. The van der Waals surface area contributed by atoms with Crippen molar-refractivity contribution in [3.63, 3.8) is 0 Å². The van der Waals surface area contributed by atoms with Gasteiger partial charge in [0.15, 0.2) is 0 Å². The van der Waals surface area contributed by atoms with Crippen molar-refractivity contribution in [3.05, 3.63) is 18.3 Å². The molecule has 2 aromatic rings. The Bertz CT molecular complexity index is 587. The van der Waals surface area contributed by atoms with Crippen molar-refractivity contribution in [2.45, 2.75) is 4.90 Å². The van der Waals surface area contributed by atoms with E-state index in [-0.39, 0.29) is 16.2 Å². The van der Waals surface area contributed by atoms with E-state index >= 15 is 0 Å². The first kappa shape index (κ1) is 8.97. The molecule has 0 aliphatic rings. The molecule has 0 amide bonds. The van der Waals surface area contributed by atoms with Crippen LogP contribution in [0, 0.1) is 0 Å². The number of hydrogen-bond acceptors (Lipinski definition) is 4. The van der Waals surface area contributed by atoms with Crippen LogP contribution in [-0.2, 0) is 10.1 Å². The summed E-state index contributed by atoms with van der Waals surface area (Å²) in [5.41, 5.74) is 0.172. The molecule has 6 nitrogen and oxygen atoms in total. The minimum Gasteiger partial charge on any atom is -0.508 e. The molecule has 7 heteroatoms. The van der Waals surface area contributed by atoms with E-state index < -0.39 is 10.1 Å². The average Bonchev–Trinajstić information content (AvgIpc) is 2.47. The van der Waals surface area contributed by atoms with Crippen molar-refractivity contribution in [1.29, 1.82) is 0 Å². The molecule has 1 aromatic carbocycles. The van der Waals surface area contributed by atoms with Crippen LogP contribution < -0.4 is 0 Å². The number of benzene rings is 1. The Hall–Kier alpha value is -1.60. The maximum atomic E-state index is 10.9. The molecule has 1 aromatic heterocycles. The van der Waals surface area contributed by atoms with Gasteiger partial charge in [-0.25, -0.2) is 0 Å². The van der Waals surface area contributed by atoms with Crippen LogP contribution in [0.2, 0.25) is 0 Å². The fourth-order valence-electron chi connectivity index (χ4n) is 1.21. The first-order valence-electron chi connectivity index (χ1n) is 3.62. The highest BCUT2D eigenvalue weighted by Gasteiger charge is 2.16. The quantitative estimate of drug-likeness (QED) is 0.600. The Kier molecular flexibility index (Phi) is 1.73. The number of aromatic nitrogens is 2. The monoisotopic (exact) mass is 214 g/mol. The minimum atomic E-state index is -4.35. The number of aromatic amines is 1. The number of phenols is 1. The lowest BCUT2D eigenvalue weighted by Gasteiger charge is -1.99. The van der Waals surface area contributed by atoms with Gasteiger partial charge in [0.1, 0.15) is 10.6 Å². The van der Waals surface area contributed by atoms with Crippen molar-refractivity contribution in [3.8, 4) is 5.75 Å². The Balaban J connectivity index is 2.94. The van der Waals surface area contributed by atoms with E-state index in [9.17, 15) is 13.5 Å². The van der Waals surface area contributed by atoms with Crippen LogP contribution in [0.4, 0.5) is 0 Å². The van der Waals surface area contributed by atoms with Gasteiger partial charge in [-0.05, 0) is 6.07 Å². The summed E-state index contributed by atoms with van der Waals surface area (Å²) < 4.78 is 30.6. The van der Waals surface area contributed by atoms with Crippen molar-refractivity contribution < 1.29 is 18.1 Å². The molecular formula is C7H6N2O4S. The largest absolute Gasteiger partial charge is 0.508 e. The van der Waals surface area contributed by atoms with Gasteiger partial charge in [-0.1, -0.05) is 0 Å². The second kappa shape index (κ2) is 2.69. The maximum absolute atomic E-state index is 10.9. The van der Waals surface area contributed by atoms with Gasteiger partial charge in [-0.3, -0.25) is 9.65 Å². The molecule has 2 rings (SSSR count). The van der Waals surface area contributed by atoms with E-state index in [4.69, 9.17) is 4.55 Å². The third-order valence-electron chi connectivity index (χ3n) is 1.78. The molecule has 0 aliphatic heterocycles. The summed E-state index contributed by atoms with van der Waals surface area (Å²) in [7, 11) is -4.35. The molecule has 0 saturated heterocycles. The summed E-state index contributed by atoms with van der Waals surface area (Å²) in [5.74, 6) is -0.244. The predicted molar refractivity (Wildman–Crippen MR) is 47.6 cm³/mol. The summed E-state index contributed by atoms with van der Waals surface area (Å²) in [4.78, 5) is -0.384. The first-order valence-corrected chi connectivity index (χ1v) is 5.06. The number of H-pyrrole nitrogens is 1. The van der Waals surface area contributed by atoms with Crippen LogP contribution in [0.3, 0.4) is 0 Å². The van der Waals surface area contributed by atoms with Gasteiger partial charge in [0, 0.05) is 11.5 Å². The molecule has 3 N–H and O–H groups in total. The summed E-state index contributed by atoms with van der Waals surface area (Å²) >= 11 is 0. The number of aromatic hydroxyl groups is 1. The highest BCUT2D eigenvalue weighted by Crippen LogP contribution is 2.25. The van der Waals surface area contributed by atoms with Gasteiger partial charge in [-0.15, -0.1) is 0 Å². The van der Waals surface area contributed by atoms with E-state index in [0.717, 1.165) is 6.07 Å². The third-order valence-corrected chi connectivity index (χ3v) is 2.65. The van der Waals surface area contributed by atoms with Crippen LogP contribution in [-0.4, -0.2) is 28.3 Å². The number of fused-ring (bicyclic) bond motifs is 1. The van der Waals surface area contributed by atoms with Crippen molar-refractivity contribution in [1.82, 2.24) is 10.2 Å². The second-order valence-corrected chi connectivity index (χ2v) is 4.14. The molecule has 0 spiro atoms. The molecule has 0 saturated carbocycles. The summed E-state index contributed by atoms with van der Waals surface area (Å²) in [6.45, 7) is 0. The van der Waals surface area contributed by atoms with Gasteiger partial charge in [0.05, 0.1) is 11.7 Å². The second-order valence-electron chi connectivity index (χ2n) is 2.75. The smallest absolute Gasteiger partial charge is 0.296 e. The molecule has 0 unspecified atom stereocenters. The van der Waals surface area contributed by atoms with E-state index in [0.29, 0.717) is 5.39 Å². The number of nitrogens with one attached hydrogen (secondary N) is 1. The fraction of sp³-hybridized carbons (Fsp3) is 0. The van der Waals surface area contributed by atoms with Crippen molar-refractivity contribution in [2.24, 2.45) is 0 Å². The topological polar surface area (TPSA) is 103 Å². The van der Waals surface area contributed by atoms with Gasteiger partial charge in [-0.2, -0.15) is 13.5 Å². The molecule has 0 atom stereocenters. The van der Waals surface area contributed by atoms with Crippen LogP contribution in [0.1, 0.15) is 0 Å². The van der Waals surface area contributed by atoms with Gasteiger partial charge >= 0.3 is 0 Å². The zero-order valence-electron chi connectivity index (χ0n) is 6.80. The Morgan fingerprint density at radius 2 is 2.07 bits per heavy atom. The van der Waals surface area contributed by atoms with Gasteiger partial charge in [0.2, 0.25) is 0 Å². The van der Waals surface area contributed by atoms with Gasteiger partial charge < -0.3 is 5.11 Å². The Morgan fingerprint density at radius 1 is 1.36 bits per heavy atom. The lowest BCUT2D eigenvalue weighted by molar-refractivity contribution is 0.467. The minimum absolute atomic E-state index is 0.172. The normalized spacial score (nSPS) is 12.1. The average molecular weight is 214 g/mol. The van der Waals surface area contributed by atoms with Crippen molar-refractivity contribution >= 4 is 21.0 Å². The van der Waals surface area contributed by atoms with E-state index in [1.165, 1.54) is 12.3 Å². The Morgan fingerprint density at radius 3 is 2.71 bits per heavy atom. The highest BCUT2D eigenvalue weighted by molar-refractivity contribution is 7.86. The van der Waals surface area contributed by atoms with E-state index in [2.05, 4.69) is 10.2 Å². The lowest BCUT2D eigenvalue weighted by Crippen LogP contribution is -1.98. The zero-order chi connectivity index (χ0) is 10.3. The first-order chi connectivity index (χ1) is 6.48. The van der Waals surface area contributed by atoms with E-state index in [1.807, 2.05) is 0 Å². The molecule has 74 valence electrons. The molecule has 0 bridgehead atoms. The third kappa shape index (κ3) is 1.32. The molecule has 0 radical (unpaired) electrons. The fourth-order valence-corrected chi connectivity index (χ4v) is 1.90. The molecular weight excluding hydrogens is 208 g/mol. The number of nitrogens with zero attached hydrogens (tertiary/aromatic N) is 1. The Labute approximate surface area is 78.9 Å². The molecule has 1 heterocycles. The number of phenolic OH excluding ortho intramolecular Hbond substituents is 1. The van der Waals surface area contributed by atoms with Gasteiger partial charge in [0.25, 0.3) is 10.1 Å². The highest BCUT2D eigenvalue weighted by atomic mass is 32.2. The van der Waals surface area contributed by atoms with Crippen LogP contribution in [0.25, 0.3) is 10.9 Å². The molecule has 0 aliphatic carbocycles. The molecule has 14 heavy (non-hydrogen) atoms. The summed E-state index contributed by atoms with van der Waals surface area (Å²) in [6.07, 6.45) is 1.35. The standard InChI is InChI=1S/C7H6N2O4S/c10-5-1-4-3-8-9-7(4)6(2-5)14(11,12)13/h1-3,10H,(H,8,9)(H,11,12,13). The van der Waals surface area contributed by atoms with Crippen LogP contribution in [0.5, 0.6) is 5.75 Å². The van der Waals surface area contributed by atoms with Crippen LogP contribution >= 0.6 is 0 Å². The van der Waals surface area contributed by atoms with E-state index in [1.54, 1.807) is 0 Å². The summed E-state index contributed by atoms with van der Waals surface area (Å²) in [5, 5.41) is 15.6. The van der Waals surface area contributed by atoms with Crippen LogP contribution in [0.15, 0.2) is 23.2 Å².